The molecule has 1 aromatic rings. The molecule has 1 fully saturated rings. The molecule has 1 aliphatic rings. The number of rotatable bonds is 4. The highest BCUT2D eigenvalue weighted by molar-refractivity contribution is 5.00. The van der Waals surface area contributed by atoms with Crippen molar-refractivity contribution in [3.8, 4) is 0 Å². The minimum Gasteiger partial charge on any atom is -0.395 e. The van der Waals surface area contributed by atoms with Gasteiger partial charge in [-0.1, -0.05) is 19.3 Å². The van der Waals surface area contributed by atoms with Crippen molar-refractivity contribution in [2.75, 3.05) is 6.61 Å². The third-order valence-electron chi connectivity index (χ3n) is 3.36. The Hall–Kier alpha value is -0.870. The van der Waals surface area contributed by atoms with Crippen molar-refractivity contribution in [1.82, 2.24) is 9.55 Å². The van der Waals surface area contributed by atoms with Gasteiger partial charge in [0.25, 0.3) is 0 Å². The highest BCUT2D eigenvalue weighted by Crippen LogP contribution is 2.27. The number of nitrogens with zero attached hydrogens (tertiary/aromatic N) is 2. The summed E-state index contributed by atoms with van der Waals surface area (Å²) in [7, 11) is 0. The largest absolute Gasteiger partial charge is 0.395 e. The van der Waals surface area contributed by atoms with Crippen LogP contribution in [0.4, 0.5) is 0 Å². The Labute approximate surface area is 96.5 Å². The average Bonchev–Trinajstić information content (AvgIpc) is 2.78. The fourth-order valence-electron chi connectivity index (χ4n) is 2.40. The van der Waals surface area contributed by atoms with E-state index < -0.39 is 0 Å². The van der Waals surface area contributed by atoms with Crippen LogP contribution in [-0.4, -0.2) is 27.3 Å². The molecule has 16 heavy (non-hydrogen) atoms. The number of hydrogen-bond donors (Lipinski definition) is 2. The first kappa shape index (κ1) is 11.6. The summed E-state index contributed by atoms with van der Waals surface area (Å²) in [5, 5.41) is 8.89. The molecule has 0 spiro atoms. The Bertz CT molecular complexity index is 318. The van der Waals surface area contributed by atoms with Crippen LogP contribution < -0.4 is 5.73 Å². The third-order valence-corrected chi connectivity index (χ3v) is 3.36. The zero-order valence-corrected chi connectivity index (χ0v) is 9.68. The lowest BCUT2D eigenvalue weighted by Gasteiger charge is -2.22. The SMILES string of the molecule is NC(CO)Cc1cn(C2CCCCC2)cn1. The second kappa shape index (κ2) is 5.46. The van der Waals surface area contributed by atoms with Gasteiger partial charge in [-0.3, -0.25) is 0 Å². The Morgan fingerprint density at radius 3 is 2.88 bits per heavy atom. The van der Waals surface area contributed by atoms with Crippen LogP contribution >= 0.6 is 0 Å². The monoisotopic (exact) mass is 223 g/mol. The van der Waals surface area contributed by atoms with Gasteiger partial charge >= 0.3 is 0 Å². The zero-order valence-electron chi connectivity index (χ0n) is 9.68. The van der Waals surface area contributed by atoms with Crippen LogP contribution in [0.1, 0.15) is 43.8 Å². The van der Waals surface area contributed by atoms with Crippen molar-refractivity contribution in [3.63, 3.8) is 0 Å². The number of aliphatic hydroxyl groups excluding tert-OH is 1. The van der Waals surface area contributed by atoms with Gasteiger partial charge in [0, 0.05) is 24.7 Å². The first-order chi connectivity index (χ1) is 7.79. The lowest BCUT2D eigenvalue weighted by atomic mass is 9.95. The summed E-state index contributed by atoms with van der Waals surface area (Å²) in [4.78, 5) is 4.35. The Morgan fingerprint density at radius 2 is 2.19 bits per heavy atom. The molecule has 1 atom stereocenters. The van der Waals surface area contributed by atoms with E-state index in [1.165, 1.54) is 32.1 Å². The number of nitrogens with two attached hydrogens (primary N) is 1. The van der Waals surface area contributed by atoms with E-state index in [1.807, 2.05) is 6.33 Å². The summed E-state index contributed by atoms with van der Waals surface area (Å²) in [5.41, 5.74) is 6.69. The maximum absolute atomic E-state index is 8.89. The van der Waals surface area contributed by atoms with Gasteiger partial charge in [0.1, 0.15) is 0 Å². The van der Waals surface area contributed by atoms with Gasteiger partial charge in [0.15, 0.2) is 0 Å². The summed E-state index contributed by atoms with van der Waals surface area (Å²) in [6.45, 7) is 0.0241. The number of imidazole rings is 1. The third kappa shape index (κ3) is 2.83. The minimum atomic E-state index is -0.185. The molecule has 0 saturated heterocycles. The van der Waals surface area contributed by atoms with Crippen LogP contribution in [0, 0.1) is 0 Å². The van der Waals surface area contributed by atoms with Gasteiger partial charge in [-0.15, -0.1) is 0 Å². The van der Waals surface area contributed by atoms with Crippen LogP contribution in [0.15, 0.2) is 12.5 Å². The highest BCUT2D eigenvalue weighted by atomic mass is 16.3. The molecule has 2 rings (SSSR count). The van der Waals surface area contributed by atoms with E-state index in [4.69, 9.17) is 10.8 Å². The Balaban J connectivity index is 1.95. The molecule has 1 unspecified atom stereocenters. The molecular formula is C12H21N3O. The van der Waals surface area contributed by atoms with Crippen molar-refractivity contribution < 1.29 is 5.11 Å². The van der Waals surface area contributed by atoms with E-state index in [1.54, 1.807) is 0 Å². The first-order valence-electron chi connectivity index (χ1n) is 6.18. The first-order valence-corrected chi connectivity index (χ1v) is 6.18. The maximum atomic E-state index is 8.89. The molecule has 0 aliphatic heterocycles. The predicted octanol–water partition coefficient (Wildman–Crippen LogP) is 1.25. The van der Waals surface area contributed by atoms with E-state index in [2.05, 4.69) is 15.7 Å². The lowest BCUT2D eigenvalue weighted by Crippen LogP contribution is -2.26. The van der Waals surface area contributed by atoms with Crippen molar-refractivity contribution in [3.05, 3.63) is 18.2 Å². The van der Waals surface area contributed by atoms with Crippen molar-refractivity contribution in [2.45, 2.75) is 50.6 Å². The van der Waals surface area contributed by atoms with Gasteiger partial charge in [0.2, 0.25) is 0 Å². The van der Waals surface area contributed by atoms with Crippen LogP contribution in [0.2, 0.25) is 0 Å². The van der Waals surface area contributed by atoms with Crippen molar-refractivity contribution in [2.24, 2.45) is 5.73 Å². The van der Waals surface area contributed by atoms with Crippen LogP contribution in [0.25, 0.3) is 0 Å². The lowest BCUT2D eigenvalue weighted by molar-refractivity contribution is 0.264. The molecule has 3 N–H and O–H groups in total. The van der Waals surface area contributed by atoms with Crippen molar-refractivity contribution in [1.29, 1.82) is 0 Å². The number of aromatic nitrogens is 2. The van der Waals surface area contributed by atoms with Gasteiger partial charge in [-0.2, -0.15) is 0 Å². The standard InChI is InChI=1S/C12H21N3O/c13-10(8-16)6-11-7-15(9-14-11)12-4-2-1-3-5-12/h7,9-10,12,16H,1-6,8,13H2. The molecule has 90 valence electrons. The summed E-state index contributed by atoms with van der Waals surface area (Å²) in [6, 6.07) is 0.440. The average molecular weight is 223 g/mol. The van der Waals surface area contributed by atoms with Gasteiger partial charge in [-0.05, 0) is 12.8 Å². The number of hydrogen-bond acceptors (Lipinski definition) is 3. The van der Waals surface area contributed by atoms with E-state index in [0.717, 1.165) is 5.69 Å². The normalized spacial score (nSPS) is 19.9. The summed E-state index contributed by atoms with van der Waals surface area (Å²) in [6.07, 6.45) is 11.2. The molecule has 0 radical (unpaired) electrons. The molecule has 4 nitrogen and oxygen atoms in total. The zero-order chi connectivity index (χ0) is 11.4. The highest BCUT2D eigenvalue weighted by Gasteiger charge is 2.15. The Kier molecular flexibility index (Phi) is 3.96. The summed E-state index contributed by atoms with van der Waals surface area (Å²) < 4.78 is 2.22. The summed E-state index contributed by atoms with van der Waals surface area (Å²) >= 11 is 0. The van der Waals surface area contributed by atoms with Crippen LogP contribution in [-0.2, 0) is 6.42 Å². The molecule has 1 aliphatic carbocycles. The fourth-order valence-corrected chi connectivity index (χ4v) is 2.40. The van der Waals surface area contributed by atoms with Gasteiger partial charge in [-0.25, -0.2) is 4.98 Å². The van der Waals surface area contributed by atoms with Gasteiger partial charge < -0.3 is 15.4 Å². The van der Waals surface area contributed by atoms with Crippen molar-refractivity contribution >= 4 is 0 Å². The Morgan fingerprint density at radius 1 is 1.44 bits per heavy atom. The second-order valence-corrected chi connectivity index (χ2v) is 4.75. The van der Waals surface area contributed by atoms with E-state index in [0.29, 0.717) is 12.5 Å². The minimum absolute atomic E-state index is 0.0241. The fraction of sp³-hybridized carbons (Fsp3) is 0.750. The topological polar surface area (TPSA) is 64.1 Å². The molecule has 1 saturated carbocycles. The maximum Gasteiger partial charge on any atom is 0.0951 e. The molecule has 4 heteroatoms. The van der Waals surface area contributed by atoms with E-state index >= 15 is 0 Å². The second-order valence-electron chi connectivity index (χ2n) is 4.75. The van der Waals surface area contributed by atoms with Crippen LogP contribution in [0.5, 0.6) is 0 Å². The van der Waals surface area contributed by atoms with E-state index in [9.17, 15) is 0 Å². The number of aliphatic hydroxyl groups is 1. The molecule has 1 aromatic heterocycles. The van der Waals surface area contributed by atoms with Gasteiger partial charge in [0.05, 0.1) is 18.6 Å². The smallest absolute Gasteiger partial charge is 0.0951 e. The predicted molar refractivity (Wildman–Crippen MR) is 63.1 cm³/mol. The van der Waals surface area contributed by atoms with Crippen LogP contribution in [0.3, 0.4) is 0 Å². The quantitative estimate of drug-likeness (QED) is 0.807. The van der Waals surface area contributed by atoms with E-state index in [-0.39, 0.29) is 12.6 Å². The molecule has 0 amide bonds. The summed E-state index contributed by atoms with van der Waals surface area (Å²) in [5.74, 6) is 0. The molecule has 0 bridgehead atoms. The molecular weight excluding hydrogens is 202 g/mol. The molecule has 1 heterocycles. The molecule has 0 aromatic carbocycles.